The third kappa shape index (κ3) is 3.19. The van der Waals surface area contributed by atoms with Crippen molar-refractivity contribution in [1.29, 1.82) is 0 Å². The van der Waals surface area contributed by atoms with Crippen LogP contribution in [0.2, 0.25) is 0 Å². The maximum Gasteiger partial charge on any atom is 0.294 e. The number of nitrogens with one attached hydrogen (secondary N) is 1. The lowest BCUT2D eigenvalue weighted by Gasteiger charge is -1.99. The molecule has 4 N–H and O–H groups in total. The molecule has 7 heteroatoms. The van der Waals surface area contributed by atoms with E-state index in [1.54, 1.807) is 0 Å². The molecule has 0 spiro atoms. The molecule has 0 aromatic heterocycles. The monoisotopic (exact) mass is 225 g/mol. The number of rotatable bonds is 2. The molecular weight excluding hydrogens is 216 g/mol. The van der Waals surface area contributed by atoms with Gasteiger partial charge in [0.2, 0.25) is 0 Å². The molecule has 1 aromatic carbocycles. The van der Waals surface area contributed by atoms with Gasteiger partial charge >= 0.3 is 0 Å². The Bertz CT molecular complexity index is 367. The van der Waals surface area contributed by atoms with Crippen molar-refractivity contribution in [3.63, 3.8) is 0 Å². The van der Waals surface area contributed by atoms with Crippen LogP contribution in [-0.4, -0.2) is 13.0 Å². The topological polar surface area (TPSA) is 92.4 Å². The highest BCUT2D eigenvalue weighted by Crippen LogP contribution is 2.12. The third-order valence-corrected chi connectivity index (χ3v) is 2.19. The second kappa shape index (κ2) is 4.43. The van der Waals surface area contributed by atoms with Crippen molar-refractivity contribution >= 4 is 15.8 Å². The molecule has 1 aromatic rings. The standard InChI is InChI=1S/C6H8N2O3S.ClH.H2/c7-8-5-1-3-6(4-2-5)12(9,10)11;;/h1-4,8H,7H2,(H,9,10,11);2*1H/p-1. The number of benzene rings is 1. The van der Waals surface area contributed by atoms with Gasteiger partial charge in [-0.1, -0.05) is 0 Å². The van der Waals surface area contributed by atoms with Crippen LogP contribution >= 0.6 is 0 Å². The van der Waals surface area contributed by atoms with Crippen LogP contribution in [0.5, 0.6) is 0 Å². The van der Waals surface area contributed by atoms with Crippen molar-refractivity contribution in [2.45, 2.75) is 4.90 Å². The average Bonchev–Trinajstić information content (AvgIpc) is 2.03. The fraction of sp³-hybridized carbons (Fsp3) is 0. The number of nitrogens with two attached hydrogens (primary N) is 1. The van der Waals surface area contributed by atoms with Crippen LogP contribution in [0.4, 0.5) is 5.69 Å². The third-order valence-electron chi connectivity index (χ3n) is 1.32. The number of hydrazine groups is 1. The molecule has 0 saturated heterocycles. The molecule has 76 valence electrons. The molecule has 5 nitrogen and oxygen atoms in total. The van der Waals surface area contributed by atoms with Gasteiger partial charge in [-0.15, -0.1) is 0 Å². The minimum absolute atomic E-state index is 0. The summed E-state index contributed by atoms with van der Waals surface area (Å²) in [5.74, 6) is 5.05. The predicted octanol–water partition coefficient (Wildman–Crippen LogP) is -2.53. The van der Waals surface area contributed by atoms with E-state index in [2.05, 4.69) is 5.43 Å². The first-order valence-corrected chi connectivity index (χ1v) is 4.52. The summed E-state index contributed by atoms with van der Waals surface area (Å²) in [5.41, 5.74) is 2.90. The quantitative estimate of drug-likeness (QED) is 0.293. The van der Waals surface area contributed by atoms with E-state index in [0.29, 0.717) is 5.69 Å². The minimum Gasteiger partial charge on any atom is -1.00 e. The van der Waals surface area contributed by atoms with Crippen molar-refractivity contribution in [3.8, 4) is 0 Å². The van der Waals surface area contributed by atoms with Crippen LogP contribution < -0.4 is 23.7 Å². The van der Waals surface area contributed by atoms with Gasteiger partial charge in [0.1, 0.15) is 0 Å². The Morgan fingerprint density at radius 2 is 1.77 bits per heavy atom. The largest absolute Gasteiger partial charge is 1.00 e. The second-order valence-electron chi connectivity index (χ2n) is 2.14. The van der Waals surface area contributed by atoms with Crippen LogP contribution in [0.25, 0.3) is 0 Å². The van der Waals surface area contributed by atoms with Crippen LogP contribution in [0, 0.1) is 0 Å². The molecule has 0 aliphatic heterocycles. The lowest BCUT2D eigenvalue weighted by Crippen LogP contribution is -3.00. The van der Waals surface area contributed by atoms with Crippen molar-refractivity contribution in [2.75, 3.05) is 5.43 Å². The van der Waals surface area contributed by atoms with Gasteiger partial charge in [0.25, 0.3) is 10.1 Å². The molecule has 0 fully saturated rings. The molecule has 0 amide bonds. The van der Waals surface area contributed by atoms with E-state index >= 15 is 0 Å². The predicted molar refractivity (Wildman–Crippen MR) is 46.2 cm³/mol. The van der Waals surface area contributed by atoms with Crippen LogP contribution in [0.15, 0.2) is 29.2 Å². The van der Waals surface area contributed by atoms with Crippen molar-refractivity contribution in [2.24, 2.45) is 5.84 Å². The van der Waals surface area contributed by atoms with Crippen LogP contribution in [-0.2, 0) is 10.1 Å². The lowest BCUT2D eigenvalue weighted by molar-refractivity contribution is -0.00000667. The SMILES string of the molecule is NNc1ccc(S(=O)(=O)O)cc1.[Cl-].[HH]. The van der Waals surface area contributed by atoms with E-state index in [0.717, 1.165) is 0 Å². The molecule has 0 radical (unpaired) electrons. The molecule has 13 heavy (non-hydrogen) atoms. The van der Waals surface area contributed by atoms with Gasteiger partial charge in [-0.3, -0.25) is 10.4 Å². The zero-order chi connectivity index (χ0) is 9.19. The molecule has 0 heterocycles. The first kappa shape index (κ1) is 12.2. The lowest BCUT2D eigenvalue weighted by atomic mass is 10.3. The first-order chi connectivity index (χ1) is 5.54. The second-order valence-corrected chi connectivity index (χ2v) is 3.57. The summed E-state index contributed by atoms with van der Waals surface area (Å²) in [5, 5.41) is 0. The molecule has 0 aliphatic rings. The fourth-order valence-corrected chi connectivity index (χ4v) is 1.20. The first-order valence-electron chi connectivity index (χ1n) is 3.08. The zero-order valence-corrected chi connectivity index (χ0v) is 8.01. The van der Waals surface area contributed by atoms with Crippen LogP contribution in [0.3, 0.4) is 0 Å². The van der Waals surface area contributed by atoms with Gasteiger partial charge < -0.3 is 17.8 Å². The Labute approximate surface area is 83.6 Å². The summed E-state index contributed by atoms with van der Waals surface area (Å²) in [6.07, 6.45) is 0. The van der Waals surface area contributed by atoms with Gasteiger partial charge in [-0.2, -0.15) is 8.42 Å². The highest BCUT2D eigenvalue weighted by Gasteiger charge is 2.07. The van der Waals surface area contributed by atoms with Gasteiger partial charge in [-0.05, 0) is 24.3 Å². The summed E-state index contributed by atoms with van der Waals surface area (Å²) in [6.45, 7) is 0. The Kier molecular flexibility index (Phi) is 4.15. The summed E-state index contributed by atoms with van der Waals surface area (Å²) in [6, 6.07) is 5.40. The van der Waals surface area contributed by atoms with Gasteiger partial charge in [0.15, 0.2) is 0 Å². The Morgan fingerprint density at radius 3 is 2.08 bits per heavy atom. The molecular formula is C6H10ClN2O3S-. The highest BCUT2D eigenvalue weighted by atomic mass is 35.5. The van der Waals surface area contributed by atoms with E-state index in [1.807, 2.05) is 0 Å². The molecule has 0 unspecified atom stereocenters. The molecule has 1 rings (SSSR count). The maximum absolute atomic E-state index is 10.5. The molecule has 0 bridgehead atoms. The van der Waals surface area contributed by atoms with Crippen molar-refractivity contribution < 1.29 is 26.8 Å². The summed E-state index contributed by atoms with van der Waals surface area (Å²) >= 11 is 0. The van der Waals surface area contributed by atoms with E-state index in [-0.39, 0.29) is 18.7 Å². The normalized spacial score (nSPS) is 10.3. The van der Waals surface area contributed by atoms with E-state index in [9.17, 15) is 8.42 Å². The molecule has 0 atom stereocenters. The Balaban J connectivity index is 0. The van der Waals surface area contributed by atoms with Crippen LogP contribution in [0.1, 0.15) is 1.43 Å². The average molecular weight is 226 g/mol. The van der Waals surface area contributed by atoms with E-state index in [4.69, 9.17) is 10.4 Å². The van der Waals surface area contributed by atoms with E-state index < -0.39 is 10.1 Å². The fourth-order valence-electron chi connectivity index (χ4n) is 0.723. The summed E-state index contributed by atoms with van der Waals surface area (Å²) in [7, 11) is -4.10. The zero-order valence-electron chi connectivity index (χ0n) is 6.44. The molecule has 0 aliphatic carbocycles. The highest BCUT2D eigenvalue weighted by molar-refractivity contribution is 7.85. The van der Waals surface area contributed by atoms with E-state index in [1.165, 1.54) is 24.3 Å². The van der Waals surface area contributed by atoms with Crippen molar-refractivity contribution in [3.05, 3.63) is 24.3 Å². The Morgan fingerprint density at radius 1 is 1.31 bits per heavy atom. The minimum atomic E-state index is -4.10. The number of halogens is 1. The van der Waals surface area contributed by atoms with Crippen molar-refractivity contribution in [1.82, 2.24) is 0 Å². The number of anilines is 1. The molecule has 0 saturated carbocycles. The maximum atomic E-state index is 10.5. The van der Waals surface area contributed by atoms with Gasteiger partial charge in [0.05, 0.1) is 4.90 Å². The smallest absolute Gasteiger partial charge is 0.294 e. The number of hydrogen-bond acceptors (Lipinski definition) is 4. The summed E-state index contributed by atoms with van der Waals surface area (Å²) < 4.78 is 29.6. The Hall–Kier alpha value is -0.820. The van der Waals surface area contributed by atoms with Gasteiger partial charge in [-0.25, -0.2) is 0 Å². The van der Waals surface area contributed by atoms with Gasteiger partial charge in [0, 0.05) is 7.11 Å². The number of nitrogen functional groups attached to an aromatic ring is 1. The number of hydrogen-bond donors (Lipinski definition) is 3. The summed E-state index contributed by atoms with van der Waals surface area (Å²) in [4.78, 5) is -0.151.